The van der Waals surface area contributed by atoms with Gasteiger partial charge in [0.25, 0.3) is 0 Å². The molecule has 0 heterocycles. The van der Waals surface area contributed by atoms with Crippen LogP contribution >= 0.6 is 8.03 Å². The molecule has 0 saturated carbocycles. The first-order valence-electron chi connectivity index (χ1n) is 1.44. The molecular formula is C3H6O2P+. The maximum atomic E-state index is 9.99. The monoisotopic (exact) mass is 105 g/mol. The largest absolute Gasteiger partial charge is 0.539 e. The molecule has 0 fully saturated rings. The third-order valence-electron chi connectivity index (χ3n) is 0.329. The molecule has 0 N–H and O–H groups in total. The summed E-state index contributed by atoms with van der Waals surface area (Å²) in [4.78, 5) is 0. The molecule has 0 spiro atoms. The van der Waals surface area contributed by atoms with Crippen molar-refractivity contribution in [2.75, 3.05) is 7.11 Å². The van der Waals surface area contributed by atoms with Crippen LogP contribution in [0.15, 0.2) is 12.4 Å². The second kappa shape index (κ2) is 3.01. The summed E-state index contributed by atoms with van der Waals surface area (Å²) in [7, 11) is -0.187. The fourth-order valence-corrected chi connectivity index (χ4v) is 0.224. The maximum Gasteiger partial charge on any atom is 0.539 e. The van der Waals surface area contributed by atoms with Gasteiger partial charge in [0.05, 0.1) is 7.11 Å². The Hall–Kier alpha value is -0.200. The van der Waals surface area contributed by atoms with Gasteiger partial charge in [0, 0.05) is 0 Å². The molecule has 34 valence electrons. The highest BCUT2D eigenvalue weighted by Gasteiger charge is 2.02. The highest BCUT2D eigenvalue weighted by Crippen LogP contribution is 2.19. The van der Waals surface area contributed by atoms with Crippen LogP contribution in [0.2, 0.25) is 0 Å². The molecule has 0 aromatic rings. The maximum absolute atomic E-state index is 9.99. The Morgan fingerprint density at radius 2 is 2.50 bits per heavy atom. The quantitative estimate of drug-likeness (QED) is 0.497. The molecule has 0 amide bonds. The van der Waals surface area contributed by atoms with Crippen LogP contribution in [0.1, 0.15) is 0 Å². The molecule has 0 aliphatic heterocycles. The average Bonchev–Trinajstić information content (AvgIpc) is 1.65. The van der Waals surface area contributed by atoms with Gasteiger partial charge in [0.2, 0.25) is 0 Å². The topological polar surface area (TPSA) is 26.3 Å². The highest BCUT2D eigenvalue weighted by atomic mass is 31.1. The van der Waals surface area contributed by atoms with Crippen LogP contribution in [0.4, 0.5) is 0 Å². The van der Waals surface area contributed by atoms with Crippen molar-refractivity contribution in [3.05, 3.63) is 12.4 Å². The van der Waals surface area contributed by atoms with Gasteiger partial charge in [-0.2, -0.15) is 0 Å². The van der Waals surface area contributed by atoms with Gasteiger partial charge < -0.3 is 0 Å². The summed E-state index contributed by atoms with van der Waals surface area (Å²) in [5.74, 6) is 1.26. The van der Waals surface area contributed by atoms with E-state index in [2.05, 4.69) is 11.1 Å². The standard InChI is InChI=1S/C3H6O2P/c1-3-6(4)5-2/h3H,1H2,2H3/q+1. The molecule has 0 aromatic heterocycles. The first-order valence-corrected chi connectivity index (χ1v) is 2.69. The third-order valence-corrected chi connectivity index (χ3v) is 0.987. The van der Waals surface area contributed by atoms with Crippen molar-refractivity contribution in [3.8, 4) is 0 Å². The van der Waals surface area contributed by atoms with Crippen molar-refractivity contribution in [1.82, 2.24) is 0 Å². The van der Waals surface area contributed by atoms with Gasteiger partial charge in [0.15, 0.2) is 5.82 Å². The van der Waals surface area contributed by atoms with E-state index in [1.54, 1.807) is 0 Å². The third kappa shape index (κ3) is 2.06. The van der Waals surface area contributed by atoms with Crippen LogP contribution in [0.3, 0.4) is 0 Å². The molecule has 1 unspecified atom stereocenters. The lowest BCUT2D eigenvalue weighted by Gasteiger charge is -1.61. The smallest absolute Gasteiger partial charge is 0.146 e. The lowest BCUT2D eigenvalue weighted by molar-refractivity contribution is 0.422. The minimum Gasteiger partial charge on any atom is -0.146 e. The lowest BCUT2D eigenvalue weighted by Crippen LogP contribution is -1.55. The average molecular weight is 105 g/mol. The molecule has 0 aliphatic carbocycles. The molecule has 0 saturated heterocycles. The molecule has 1 atom stereocenters. The lowest BCUT2D eigenvalue weighted by atomic mass is 11.3. The van der Waals surface area contributed by atoms with Crippen LogP contribution < -0.4 is 0 Å². The predicted octanol–water partition coefficient (Wildman–Crippen LogP) is 1.52. The van der Waals surface area contributed by atoms with Crippen molar-refractivity contribution in [2.24, 2.45) is 0 Å². The number of hydrogen-bond donors (Lipinski definition) is 0. The summed E-state index contributed by atoms with van der Waals surface area (Å²) in [5, 5.41) is 0. The zero-order valence-corrected chi connectivity index (χ0v) is 4.44. The van der Waals surface area contributed by atoms with E-state index in [0.29, 0.717) is 0 Å². The van der Waals surface area contributed by atoms with Crippen LogP contribution in [0.25, 0.3) is 0 Å². The van der Waals surface area contributed by atoms with Crippen LogP contribution in [0.5, 0.6) is 0 Å². The molecule has 0 aliphatic rings. The predicted molar refractivity (Wildman–Crippen MR) is 24.8 cm³/mol. The normalized spacial score (nSPS) is 10.5. The van der Waals surface area contributed by atoms with E-state index >= 15 is 0 Å². The van der Waals surface area contributed by atoms with Gasteiger partial charge in [-0.1, -0.05) is 0 Å². The van der Waals surface area contributed by atoms with E-state index in [1.165, 1.54) is 12.9 Å². The molecule has 3 heteroatoms. The summed E-state index contributed by atoms with van der Waals surface area (Å²) in [5.41, 5.74) is 0. The Kier molecular flexibility index (Phi) is 2.91. The van der Waals surface area contributed by atoms with Gasteiger partial charge in [-0.15, -0.1) is 4.52 Å². The number of hydrogen-bond acceptors (Lipinski definition) is 2. The zero-order chi connectivity index (χ0) is 4.99. The van der Waals surface area contributed by atoms with Crippen molar-refractivity contribution >= 4 is 8.03 Å². The van der Waals surface area contributed by atoms with Crippen molar-refractivity contribution in [2.45, 2.75) is 0 Å². The van der Waals surface area contributed by atoms with Gasteiger partial charge in [0.1, 0.15) is 0 Å². The Morgan fingerprint density at radius 3 is 2.50 bits per heavy atom. The Morgan fingerprint density at radius 1 is 2.00 bits per heavy atom. The summed E-state index contributed by atoms with van der Waals surface area (Å²) in [6.45, 7) is 3.22. The molecular weight excluding hydrogens is 99.0 g/mol. The summed E-state index contributed by atoms with van der Waals surface area (Å²) in [6.07, 6.45) is 0. The van der Waals surface area contributed by atoms with Crippen molar-refractivity contribution < 1.29 is 9.09 Å². The summed E-state index contributed by atoms with van der Waals surface area (Å²) in [6, 6.07) is 0. The van der Waals surface area contributed by atoms with Gasteiger partial charge in [-0.25, -0.2) is 0 Å². The van der Waals surface area contributed by atoms with E-state index in [-0.39, 0.29) is 0 Å². The molecule has 2 nitrogen and oxygen atoms in total. The van der Waals surface area contributed by atoms with E-state index in [1.807, 2.05) is 0 Å². The molecule has 0 bridgehead atoms. The minimum absolute atomic E-state index is 1.26. The van der Waals surface area contributed by atoms with Crippen molar-refractivity contribution in [1.29, 1.82) is 0 Å². The minimum atomic E-state index is -1.56. The second-order valence-corrected chi connectivity index (χ2v) is 1.95. The van der Waals surface area contributed by atoms with E-state index in [4.69, 9.17) is 0 Å². The van der Waals surface area contributed by atoms with Crippen LogP contribution in [-0.4, -0.2) is 7.11 Å². The van der Waals surface area contributed by atoms with Gasteiger partial charge in [-0.3, -0.25) is 0 Å². The highest BCUT2D eigenvalue weighted by molar-refractivity contribution is 7.42. The van der Waals surface area contributed by atoms with Crippen molar-refractivity contribution in [3.63, 3.8) is 0 Å². The Balaban J connectivity index is 3.23. The first kappa shape index (κ1) is 5.80. The fraction of sp³-hybridized carbons (Fsp3) is 0.333. The summed E-state index contributed by atoms with van der Waals surface area (Å²) >= 11 is 0. The Bertz CT molecular complexity index is 69.2. The second-order valence-electron chi connectivity index (χ2n) is 0.651. The molecule has 6 heavy (non-hydrogen) atoms. The molecule has 0 rings (SSSR count). The van der Waals surface area contributed by atoms with Gasteiger partial charge in [-0.05, 0) is 11.1 Å². The van der Waals surface area contributed by atoms with Gasteiger partial charge >= 0.3 is 8.03 Å². The molecule has 0 radical (unpaired) electrons. The van der Waals surface area contributed by atoms with Crippen LogP contribution in [0, 0.1) is 0 Å². The SMILES string of the molecule is C=C[P+](=O)OC. The summed E-state index contributed by atoms with van der Waals surface area (Å²) < 4.78 is 14.3. The molecule has 0 aromatic carbocycles. The fourth-order valence-electron chi connectivity index (χ4n) is 0.0745. The Labute approximate surface area is 37.7 Å². The number of rotatable bonds is 2. The van der Waals surface area contributed by atoms with E-state index < -0.39 is 8.03 Å². The zero-order valence-electron chi connectivity index (χ0n) is 3.55. The first-order chi connectivity index (χ1) is 2.81. The van der Waals surface area contributed by atoms with E-state index in [9.17, 15) is 4.57 Å². The van der Waals surface area contributed by atoms with E-state index in [0.717, 1.165) is 0 Å². The van der Waals surface area contributed by atoms with Crippen LogP contribution in [-0.2, 0) is 9.09 Å².